The number of nitrogens with one attached hydrogen (secondary N) is 3. The summed E-state index contributed by atoms with van der Waals surface area (Å²) in [5.74, 6) is 0.227. The number of carbonyl (C=O) groups excluding carboxylic acids is 2. The number of rotatable bonds is 11. The van der Waals surface area contributed by atoms with Crippen LogP contribution in [0, 0.1) is 0 Å². The van der Waals surface area contributed by atoms with E-state index in [1.165, 1.54) is 26.2 Å². The maximum atomic E-state index is 11.8. The molecule has 2 atom stereocenters. The van der Waals surface area contributed by atoms with E-state index in [4.69, 9.17) is 15.2 Å². The maximum absolute atomic E-state index is 11.8. The van der Waals surface area contributed by atoms with E-state index < -0.39 is 6.10 Å². The Hall–Kier alpha value is -3.14. The van der Waals surface area contributed by atoms with Crippen molar-refractivity contribution in [2.45, 2.75) is 64.6 Å². The Morgan fingerprint density at radius 2 is 1.86 bits per heavy atom. The van der Waals surface area contributed by atoms with Gasteiger partial charge in [-0.2, -0.15) is 0 Å². The van der Waals surface area contributed by atoms with Gasteiger partial charge in [-0.3, -0.25) is 4.79 Å². The number of amides is 1. The molecule has 1 saturated heterocycles. The molecule has 0 aliphatic carbocycles. The summed E-state index contributed by atoms with van der Waals surface area (Å²) in [6.45, 7) is 7.76. The van der Waals surface area contributed by atoms with Crippen molar-refractivity contribution in [3.05, 3.63) is 54.1 Å². The number of ether oxygens (including phenoxy) is 2. The van der Waals surface area contributed by atoms with Gasteiger partial charge in [0.05, 0.1) is 12.2 Å². The van der Waals surface area contributed by atoms with Gasteiger partial charge in [-0.1, -0.05) is 32.4 Å². The highest BCUT2D eigenvalue weighted by Crippen LogP contribution is 2.16. The third-order valence-corrected chi connectivity index (χ3v) is 5.67. The van der Waals surface area contributed by atoms with E-state index >= 15 is 0 Å². The number of hydrogen-bond acceptors (Lipinski definition) is 8. The van der Waals surface area contributed by atoms with Crippen molar-refractivity contribution in [3.8, 4) is 5.75 Å². The van der Waals surface area contributed by atoms with E-state index in [-0.39, 0.29) is 18.5 Å². The van der Waals surface area contributed by atoms with Gasteiger partial charge in [-0.25, -0.2) is 4.79 Å². The summed E-state index contributed by atoms with van der Waals surface area (Å²) in [7, 11) is 0. The zero-order valence-electron chi connectivity index (χ0n) is 22.2. The fourth-order valence-corrected chi connectivity index (χ4v) is 3.69. The molecule has 1 aliphatic heterocycles. The Morgan fingerprint density at radius 3 is 2.49 bits per heavy atom. The molecule has 1 amide bonds. The smallest absolute Gasteiger partial charge is 0.340 e. The number of carbonyl (C=O) groups is 2. The van der Waals surface area contributed by atoms with E-state index in [2.05, 4.69) is 16.0 Å². The minimum Gasteiger partial charge on any atom is -0.491 e. The normalized spacial score (nSPS) is 15.8. The SMILES string of the molecule is CC(=O)Nc1ccc(OCC(O)CNC(C)C)cc1.Nc1ccccc1C(=O)OCCC1CCCCN1. The fraction of sp³-hybridized carbons (Fsp3) is 0.500. The summed E-state index contributed by atoms with van der Waals surface area (Å²) in [4.78, 5) is 22.6. The van der Waals surface area contributed by atoms with Crippen LogP contribution in [0.25, 0.3) is 0 Å². The molecular formula is C28H42N4O5. The molecule has 1 fully saturated rings. The molecule has 0 spiro atoms. The molecule has 1 aliphatic rings. The molecule has 1 heterocycles. The summed E-state index contributed by atoms with van der Waals surface area (Å²) < 4.78 is 10.7. The first-order valence-corrected chi connectivity index (χ1v) is 12.9. The second kappa shape index (κ2) is 16.6. The average Bonchev–Trinajstić information content (AvgIpc) is 2.88. The average molecular weight is 515 g/mol. The highest BCUT2D eigenvalue weighted by molar-refractivity contribution is 5.94. The zero-order valence-corrected chi connectivity index (χ0v) is 22.2. The molecule has 6 N–H and O–H groups in total. The maximum Gasteiger partial charge on any atom is 0.340 e. The van der Waals surface area contributed by atoms with Gasteiger partial charge in [0, 0.05) is 36.9 Å². The van der Waals surface area contributed by atoms with Gasteiger partial charge in [-0.15, -0.1) is 0 Å². The fourth-order valence-electron chi connectivity index (χ4n) is 3.69. The van der Waals surface area contributed by atoms with Crippen LogP contribution in [0.15, 0.2) is 48.5 Å². The minimum atomic E-state index is -0.544. The van der Waals surface area contributed by atoms with E-state index in [1.54, 1.807) is 48.5 Å². The second-order valence-electron chi connectivity index (χ2n) is 9.39. The van der Waals surface area contributed by atoms with Crippen molar-refractivity contribution in [1.82, 2.24) is 10.6 Å². The Labute approximate surface area is 220 Å². The number of nitrogens with two attached hydrogens (primary N) is 1. The van der Waals surface area contributed by atoms with E-state index in [1.807, 2.05) is 13.8 Å². The number of aliphatic hydroxyl groups excluding tert-OH is 1. The van der Waals surface area contributed by atoms with Crippen LogP contribution in [0.1, 0.15) is 56.8 Å². The lowest BCUT2D eigenvalue weighted by atomic mass is 10.0. The number of esters is 1. The van der Waals surface area contributed by atoms with Gasteiger partial charge >= 0.3 is 5.97 Å². The van der Waals surface area contributed by atoms with Gasteiger partial charge in [0.15, 0.2) is 0 Å². The van der Waals surface area contributed by atoms with Gasteiger partial charge in [0.2, 0.25) is 5.91 Å². The first kappa shape index (κ1) is 30.1. The first-order chi connectivity index (χ1) is 17.7. The standard InChI is InChI=1S/C14H22N2O3.C14H20N2O2/c1-10(2)15-8-13(18)9-19-14-6-4-12(5-7-14)16-11(3)17;15-13-7-2-1-6-12(13)14(17)18-10-8-11-5-3-4-9-16-11/h4-7,10,13,15,18H,8-9H2,1-3H3,(H,16,17);1-2,6-7,11,16H,3-5,8-10,15H2. The quantitative estimate of drug-likeness (QED) is 0.228. The summed E-state index contributed by atoms with van der Waals surface area (Å²) >= 11 is 0. The van der Waals surface area contributed by atoms with Gasteiger partial charge in [0.25, 0.3) is 0 Å². The van der Waals surface area contributed by atoms with Crippen molar-refractivity contribution >= 4 is 23.3 Å². The number of para-hydroxylation sites is 1. The van der Waals surface area contributed by atoms with E-state index in [9.17, 15) is 14.7 Å². The van der Waals surface area contributed by atoms with E-state index in [0.717, 1.165) is 18.7 Å². The summed E-state index contributed by atoms with van der Waals surface area (Å²) in [6, 6.07) is 14.8. The van der Waals surface area contributed by atoms with Crippen molar-refractivity contribution < 1.29 is 24.2 Å². The number of anilines is 2. The molecule has 2 aromatic rings. The molecule has 204 valence electrons. The van der Waals surface area contributed by atoms with Crippen molar-refractivity contribution in [3.63, 3.8) is 0 Å². The molecule has 2 unspecified atom stereocenters. The van der Waals surface area contributed by atoms with Crippen LogP contribution in [0.2, 0.25) is 0 Å². The van der Waals surface area contributed by atoms with E-state index in [0.29, 0.717) is 42.2 Å². The number of piperidine rings is 1. The molecule has 0 radical (unpaired) electrons. The Morgan fingerprint density at radius 1 is 1.14 bits per heavy atom. The van der Waals surface area contributed by atoms with Gasteiger partial charge in [-0.05, 0) is 62.2 Å². The molecular weight excluding hydrogens is 472 g/mol. The minimum absolute atomic E-state index is 0.108. The molecule has 37 heavy (non-hydrogen) atoms. The number of hydrogen-bond donors (Lipinski definition) is 5. The van der Waals surface area contributed by atoms with Crippen LogP contribution in [0.4, 0.5) is 11.4 Å². The summed E-state index contributed by atoms with van der Waals surface area (Å²) in [5.41, 5.74) is 7.37. The van der Waals surface area contributed by atoms with Crippen LogP contribution < -0.4 is 26.4 Å². The lowest BCUT2D eigenvalue weighted by Crippen LogP contribution is -2.35. The van der Waals surface area contributed by atoms with Crippen LogP contribution in [0.3, 0.4) is 0 Å². The Bertz CT molecular complexity index is 946. The third-order valence-electron chi connectivity index (χ3n) is 5.67. The van der Waals surface area contributed by atoms with Crippen LogP contribution in [-0.2, 0) is 9.53 Å². The third kappa shape index (κ3) is 12.6. The molecule has 0 saturated carbocycles. The topological polar surface area (TPSA) is 135 Å². The first-order valence-electron chi connectivity index (χ1n) is 12.9. The highest BCUT2D eigenvalue weighted by atomic mass is 16.5. The predicted octanol–water partition coefficient (Wildman–Crippen LogP) is 3.34. The largest absolute Gasteiger partial charge is 0.491 e. The summed E-state index contributed by atoms with van der Waals surface area (Å²) in [5, 5.41) is 18.9. The Kier molecular flexibility index (Phi) is 13.5. The van der Waals surface area contributed by atoms with Crippen LogP contribution >= 0.6 is 0 Å². The predicted molar refractivity (Wildman–Crippen MR) is 147 cm³/mol. The monoisotopic (exact) mass is 514 g/mol. The molecule has 2 aromatic carbocycles. The molecule has 9 heteroatoms. The number of benzene rings is 2. The van der Waals surface area contributed by atoms with Gasteiger partial charge < -0.3 is 36.3 Å². The van der Waals surface area contributed by atoms with Crippen LogP contribution in [-0.4, -0.2) is 61.5 Å². The zero-order chi connectivity index (χ0) is 27.0. The van der Waals surface area contributed by atoms with Crippen LogP contribution in [0.5, 0.6) is 5.75 Å². The molecule has 3 rings (SSSR count). The summed E-state index contributed by atoms with van der Waals surface area (Å²) in [6.07, 6.45) is 4.01. The van der Waals surface area contributed by atoms with Gasteiger partial charge in [0.1, 0.15) is 18.5 Å². The Balaban J connectivity index is 0.000000260. The lowest BCUT2D eigenvalue weighted by molar-refractivity contribution is -0.114. The molecule has 9 nitrogen and oxygen atoms in total. The molecule has 0 aromatic heterocycles. The van der Waals surface area contributed by atoms with Crippen molar-refractivity contribution in [1.29, 1.82) is 0 Å². The number of aliphatic hydroxyl groups is 1. The lowest BCUT2D eigenvalue weighted by Gasteiger charge is -2.23. The highest BCUT2D eigenvalue weighted by Gasteiger charge is 2.14. The second-order valence-corrected chi connectivity index (χ2v) is 9.39. The molecule has 0 bridgehead atoms. The number of nitrogen functional groups attached to an aromatic ring is 1. The van der Waals surface area contributed by atoms with Crippen molar-refractivity contribution in [2.24, 2.45) is 0 Å². The van der Waals surface area contributed by atoms with Crippen molar-refractivity contribution in [2.75, 3.05) is 37.4 Å².